The number of nitrogens with one attached hydrogen (secondary N) is 3. The van der Waals surface area contributed by atoms with Crippen molar-refractivity contribution in [3.63, 3.8) is 0 Å². The number of nitro benzene ring substituents is 1. The number of fused-ring (bicyclic) bond motifs is 1. The third-order valence-electron chi connectivity index (χ3n) is 4.79. The van der Waals surface area contributed by atoms with E-state index in [2.05, 4.69) is 29.7 Å². The lowest BCUT2D eigenvalue weighted by molar-refractivity contribution is -0.384. The summed E-state index contributed by atoms with van der Waals surface area (Å²) in [5, 5.41) is 11.4. The largest absolute Gasteiger partial charge is 0.493 e. The highest BCUT2D eigenvalue weighted by Gasteiger charge is 2.17. The molecule has 0 atom stereocenters. The molecule has 1 heterocycles. The van der Waals surface area contributed by atoms with Crippen molar-refractivity contribution in [2.45, 2.75) is 20.3 Å². The molecular formula is C22H24N4O6. The number of amides is 2. The molecule has 0 unspecified atom stereocenters. The van der Waals surface area contributed by atoms with Crippen LogP contribution in [0, 0.1) is 16.0 Å². The Bertz CT molecular complexity index is 1150. The van der Waals surface area contributed by atoms with E-state index in [1.807, 2.05) is 0 Å². The number of hydrogen-bond acceptors (Lipinski definition) is 6. The van der Waals surface area contributed by atoms with Crippen molar-refractivity contribution in [1.29, 1.82) is 0 Å². The molecule has 10 heteroatoms. The van der Waals surface area contributed by atoms with Gasteiger partial charge in [0.25, 0.3) is 17.5 Å². The highest BCUT2D eigenvalue weighted by molar-refractivity contribution is 6.08. The number of carbonyl (C=O) groups excluding carboxylic acids is 2. The Morgan fingerprint density at radius 1 is 1.09 bits per heavy atom. The topological polar surface area (TPSA) is 136 Å². The zero-order valence-electron chi connectivity index (χ0n) is 17.9. The number of nitro groups is 1. The number of aromatic nitrogens is 1. The maximum absolute atomic E-state index is 12.5. The fourth-order valence-corrected chi connectivity index (χ4v) is 3.00. The fraction of sp³-hybridized carbons (Fsp3) is 0.273. The van der Waals surface area contributed by atoms with Crippen LogP contribution in [0.1, 0.15) is 41.0 Å². The van der Waals surface area contributed by atoms with E-state index in [-0.39, 0.29) is 16.8 Å². The number of aromatic amines is 1. The van der Waals surface area contributed by atoms with Crippen LogP contribution in [-0.2, 0) is 0 Å². The van der Waals surface area contributed by atoms with Gasteiger partial charge in [0.2, 0.25) is 0 Å². The predicted molar refractivity (Wildman–Crippen MR) is 118 cm³/mol. The summed E-state index contributed by atoms with van der Waals surface area (Å²) in [6, 6.07) is 8.86. The first-order valence-corrected chi connectivity index (χ1v) is 9.97. The number of non-ortho nitro benzene ring substituents is 1. The van der Waals surface area contributed by atoms with Crippen LogP contribution in [0.4, 0.5) is 5.69 Å². The number of benzene rings is 2. The molecule has 1 aromatic heterocycles. The van der Waals surface area contributed by atoms with Gasteiger partial charge in [0.05, 0.1) is 24.2 Å². The average Bonchev–Trinajstić information content (AvgIpc) is 3.20. The third-order valence-corrected chi connectivity index (χ3v) is 4.79. The number of rotatable bonds is 8. The summed E-state index contributed by atoms with van der Waals surface area (Å²) in [7, 11) is 1.48. The molecule has 0 radical (unpaired) electrons. The molecule has 0 aliphatic rings. The van der Waals surface area contributed by atoms with Gasteiger partial charge in [0.1, 0.15) is 0 Å². The first kappa shape index (κ1) is 22.6. The average molecular weight is 440 g/mol. The van der Waals surface area contributed by atoms with Gasteiger partial charge in [0, 0.05) is 34.8 Å². The van der Waals surface area contributed by atoms with E-state index in [0.29, 0.717) is 34.9 Å². The van der Waals surface area contributed by atoms with Crippen molar-refractivity contribution >= 4 is 28.4 Å². The van der Waals surface area contributed by atoms with Crippen molar-refractivity contribution in [2.75, 3.05) is 13.7 Å². The summed E-state index contributed by atoms with van der Waals surface area (Å²) >= 11 is 0. The molecule has 2 amide bonds. The maximum atomic E-state index is 12.5. The molecule has 0 saturated heterocycles. The lowest BCUT2D eigenvalue weighted by atomic mass is 10.1. The zero-order valence-corrected chi connectivity index (χ0v) is 17.9. The first-order chi connectivity index (χ1) is 15.3. The Kier molecular flexibility index (Phi) is 6.93. The second-order valence-corrected chi connectivity index (χ2v) is 7.49. The molecule has 0 saturated carbocycles. The second-order valence-electron chi connectivity index (χ2n) is 7.49. The summed E-state index contributed by atoms with van der Waals surface area (Å²) in [5.74, 6) is 0.241. The van der Waals surface area contributed by atoms with Gasteiger partial charge in [-0.2, -0.15) is 0 Å². The molecule has 0 spiro atoms. The minimum absolute atomic E-state index is 0.141. The van der Waals surface area contributed by atoms with Crippen molar-refractivity contribution in [3.8, 4) is 11.5 Å². The normalized spacial score (nSPS) is 10.8. The van der Waals surface area contributed by atoms with E-state index in [9.17, 15) is 19.7 Å². The fourth-order valence-electron chi connectivity index (χ4n) is 3.00. The van der Waals surface area contributed by atoms with Gasteiger partial charge in [-0.05, 0) is 36.6 Å². The molecule has 0 fully saturated rings. The van der Waals surface area contributed by atoms with E-state index in [1.54, 1.807) is 12.1 Å². The van der Waals surface area contributed by atoms with E-state index in [1.165, 1.54) is 37.6 Å². The third kappa shape index (κ3) is 5.15. The van der Waals surface area contributed by atoms with Crippen molar-refractivity contribution in [2.24, 2.45) is 5.92 Å². The van der Waals surface area contributed by atoms with E-state index in [0.717, 1.165) is 6.42 Å². The quantitative estimate of drug-likeness (QED) is 0.362. The van der Waals surface area contributed by atoms with Gasteiger partial charge in [-0.1, -0.05) is 13.8 Å². The molecule has 168 valence electrons. The van der Waals surface area contributed by atoms with Crippen LogP contribution in [0.25, 0.3) is 10.9 Å². The van der Waals surface area contributed by atoms with Crippen LogP contribution in [0.15, 0.2) is 42.6 Å². The van der Waals surface area contributed by atoms with Crippen molar-refractivity contribution in [1.82, 2.24) is 15.8 Å². The number of hydrogen-bond donors (Lipinski definition) is 3. The Hall–Kier alpha value is -4.08. The molecule has 0 bridgehead atoms. The summed E-state index contributed by atoms with van der Waals surface area (Å²) in [6.45, 7) is 4.72. The molecule has 0 aliphatic heterocycles. The molecule has 3 N–H and O–H groups in total. The van der Waals surface area contributed by atoms with E-state index in [4.69, 9.17) is 9.47 Å². The SMILES string of the molecule is COc1cc(C(=O)NNC(=O)c2c[nH]c3ccc([N+](=O)[O-])cc23)ccc1OCCC(C)C. The van der Waals surface area contributed by atoms with Gasteiger partial charge in [0.15, 0.2) is 11.5 Å². The van der Waals surface area contributed by atoms with Gasteiger partial charge in [-0.3, -0.25) is 30.6 Å². The number of methoxy groups -OCH3 is 1. The van der Waals surface area contributed by atoms with Crippen LogP contribution in [0.5, 0.6) is 11.5 Å². The number of ether oxygens (including phenoxy) is 2. The highest BCUT2D eigenvalue weighted by atomic mass is 16.6. The zero-order chi connectivity index (χ0) is 23.3. The highest BCUT2D eigenvalue weighted by Crippen LogP contribution is 2.28. The first-order valence-electron chi connectivity index (χ1n) is 9.97. The van der Waals surface area contributed by atoms with Gasteiger partial charge < -0.3 is 14.5 Å². The molecule has 0 aliphatic carbocycles. The summed E-state index contributed by atoms with van der Waals surface area (Å²) in [5.41, 5.74) is 5.50. The smallest absolute Gasteiger partial charge is 0.271 e. The van der Waals surface area contributed by atoms with Crippen LogP contribution >= 0.6 is 0 Å². The predicted octanol–water partition coefficient (Wildman–Crippen LogP) is 3.58. The van der Waals surface area contributed by atoms with Crippen LogP contribution in [0.3, 0.4) is 0 Å². The molecule has 10 nitrogen and oxygen atoms in total. The minimum atomic E-state index is -0.620. The summed E-state index contributed by atoms with van der Waals surface area (Å²) in [6.07, 6.45) is 2.30. The lowest BCUT2D eigenvalue weighted by Crippen LogP contribution is -2.41. The van der Waals surface area contributed by atoms with Crippen molar-refractivity contribution < 1.29 is 24.0 Å². The standard InChI is InChI=1S/C22H24N4O6/c1-13(2)8-9-32-19-7-4-14(10-20(19)31-3)21(27)24-25-22(28)17-12-23-18-6-5-15(26(29)30)11-16(17)18/h4-7,10-13,23H,8-9H2,1-3H3,(H,24,27)(H,25,28). The van der Waals surface area contributed by atoms with E-state index < -0.39 is 16.7 Å². The molecule has 2 aromatic carbocycles. The Morgan fingerprint density at radius 2 is 1.84 bits per heavy atom. The number of H-pyrrole nitrogens is 1. The molecule has 3 aromatic rings. The van der Waals surface area contributed by atoms with Crippen LogP contribution in [-0.4, -0.2) is 35.4 Å². The van der Waals surface area contributed by atoms with Crippen molar-refractivity contribution in [3.05, 3.63) is 63.8 Å². The second kappa shape index (κ2) is 9.82. The van der Waals surface area contributed by atoms with Gasteiger partial charge >= 0.3 is 0 Å². The number of hydrazine groups is 1. The van der Waals surface area contributed by atoms with Gasteiger partial charge in [-0.25, -0.2) is 0 Å². The van der Waals surface area contributed by atoms with Gasteiger partial charge in [-0.15, -0.1) is 0 Å². The van der Waals surface area contributed by atoms with Crippen LogP contribution in [0.2, 0.25) is 0 Å². The maximum Gasteiger partial charge on any atom is 0.271 e. The Balaban J connectivity index is 1.67. The van der Waals surface area contributed by atoms with E-state index >= 15 is 0 Å². The summed E-state index contributed by atoms with van der Waals surface area (Å²) < 4.78 is 11.0. The summed E-state index contributed by atoms with van der Waals surface area (Å²) in [4.78, 5) is 38.3. The number of carbonyl (C=O) groups is 2. The molecular weight excluding hydrogens is 416 g/mol. The molecule has 3 rings (SSSR count). The lowest BCUT2D eigenvalue weighted by Gasteiger charge is -2.13. The Morgan fingerprint density at radius 3 is 2.53 bits per heavy atom. The number of nitrogens with zero attached hydrogens (tertiary/aromatic N) is 1. The minimum Gasteiger partial charge on any atom is -0.493 e. The molecule has 32 heavy (non-hydrogen) atoms. The van der Waals surface area contributed by atoms with Crippen LogP contribution < -0.4 is 20.3 Å². The monoisotopic (exact) mass is 440 g/mol. The Labute approximate surface area is 184 Å².